The third-order valence-electron chi connectivity index (χ3n) is 6.39. The van der Waals surface area contributed by atoms with Crippen LogP contribution in [0.2, 0.25) is 0 Å². The van der Waals surface area contributed by atoms with Crippen molar-refractivity contribution in [1.29, 1.82) is 0 Å². The molecule has 0 aliphatic carbocycles. The number of carbonyl (C=O) groups is 1. The summed E-state index contributed by atoms with van der Waals surface area (Å²) in [6, 6.07) is 14.6. The maximum atomic E-state index is 13.3. The van der Waals surface area contributed by atoms with Gasteiger partial charge in [-0.25, -0.2) is 10.9 Å². The van der Waals surface area contributed by atoms with Gasteiger partial charge in [-0.15, -0.1) is 0 Å². The molecule has 2 aliphatic heterocycles. The van der Waals surface area contributed by atoms with Crippen molar-refractivity contribution in [2.75, 3.05) is 26.9 Å². The fraction of sp³-hybridized carbons (Fsp3) is 0.480. The van der Waals surface area contributed by atoms with Crippen LogP contribution in [-0.2, 0) is 9.53 Å². The number of likely N-dealkylation sites (tertiary alicyclic amines) is 1. The zero-order valence-corrected chi connectivity index (χ0v) is 19.0. The van der Waals surface area contributed by atoms with Gasteiger partial charge in [0, 0.05) is 25.1 Å². The molecule has 7 nitrogen and oxygen atoms in total. The molecule has 3 N–H and O–H groups in total. The molecule has 4 unspecified atom stereocenters. The molecule has 2 aromatic rings. The number of hydrogen-bond donors (Lipinski definition) is 3. The number of fused-ring (bicyclic) bond motifs is 1. The number of amides is 1. The lowest BCUT2D eigenvalue weighted by Crippen LogP contribution is -2.42. The molecule has 32 heavy (non-hydrogen) atoms. The van der Waals surface area contributed by atoms with Gasteiger partial charge in [0.1, 0.15) is 17.5 Å². The number of nitrogens with one attached hydrogen (secondary N) is 2. The number of methoxy groups -OCH3 is 1. The second kappa shape index (κ2) is 9.90. The zero-order valence-electron chi connectivity index (χ0n) is 19.0. The van der Waals surface area contributed by atoms with Crippen molar-refractivity contribution >= 4 is 5.91 Å². The minimum absolute atomic E-state index is 0.0357. The highest BCUT2D eigenvalue weighted by Crippen LogP contribution is 2.48. The van der Waals surface area contributed by atoms with Gasteiger partial charge < -0.3 is 19.5 Å². The number of rotatable bonds is 9. The van der Waals surface area contributed by atoms with Gasteiger partial charge in [-0.2, -0.15) is 0 Å². The second-order valence-corrected chi connectivity index (χ2v) is 8.95. The molecule has 0 aromatic heterocycles. The first-order valence-electron chi connectivity index (χ1n) is 11.3. The van der Waals surface area contributed by atoms with Crippen LogP contribution in [0.1, 0.15) is 43.5 Å². The van der Waals surface area contributed by atoms with Crippen molar-refractivity contribution in [2.24, 2.45) is 11.8 Å². The molecule has 1 amide bonds. The van der Waals surface area contributed by atoms with Crippen molar-refractivity contribution in [1.82, 2.24) is 15.8 Å². The molecule has 0 saturated carbocycles. The number of benzene rings is 2. The molecule has 7 heteroatoms. The van der Waals surface area contributed by atoms with E-state index in [9.17, 15) is 9.90 Å². The third kappa shape index (κ3) is 4.46. The van der Waals surface area contributed by atoms with Crippen LogP contribution in [0.4, 0.5) is 0 Å². The summed E-state index contributed by atoms with van der Waals surface area (Å²) in [6.07, 6.45) is 0.986. The molecular weight excluding hydrogens is 406 g/mol. The Balaban J connectivity index is 1.67. The van der Waals surface area contributed by atoms with E-state index >= 15 is 0 Å². The molecule has 0 bridgehead atoms. The monoisotopic (exact) mass is 439 g/mol. The van der Waals surface area contributed by atoms with E-state index in [1.807, 2.05) is 35.2 Å². The topological polar surface area (TPSA) is 83.1 Å². The Labute approximate surface area is 189 Å². The summed E-state index contributed by atoms with van der Waals surface area (Å²) in [5, 5.41) is 10.5. The molecule has 2 heterocycles. The predicted molar refractivity (Wildman–Crippen MR) is 122 cm³/mol. The van der Waals surface area contributed by atoms with Gasteiger partial charge in [-0.1, -0.05) is 44.2 Å². The lowest BCUT2D eigenvalue weighted by molar-refractivity contribution is -0.131. The summed E-state index contributed by atoms with van der Waals surface area (Å²) in [5.74, 6) is 1.54. The highest BCUT2D eigenvalue weighted by atomic mass is 16.5. The van der Waals surface area contributed by atoms with E-state index in [-0.39, 0.29) is 35.7 Å². The van der Waals surface area contributed by atoms with Crippen molar-refractivity contribution in [2.45, 2.75) is 38.4 Å². The Bertz CT molecular complexity index is 935. The van der Waals surface area contributed by atoms with Crippen LogP contribution >= 0.6 is 0 Å². The Morgan fingerprint density at radius 2 is 1.84 bits per heavy atom. The molecule has 0 spiro atoms. The average molecular weight is 440 g/mol. The van der Waals surface area contributed by atoms with Gasteiger partial charge in [0.15, 0.2) is 0 Å². The van der Waals surface area contributed by atoms with Gasteiger partial charge in [-0.3, -0.25) is 4.79 Å². The van der Waals surface area contributed by atoms with E-state index in [1.54, 1.807) is 19.2 Å². The minimum atomic E-state index is -0.382. The predicted octanol–water partition coefficient (Wildman–Crippen LogP) is 3.18. The molecule has 172 valence electrons. The van der Waals surface area contributed by atoms with Crippen molar-refractivity contribution < 1.29 is 19.4 Å². The lowest BCUT2D eigenvalue weighted by Gasteiger charge is -2.31. The Morgan fingerprint density at radius 3 is 2.59 bits per heavy atom. The molecule has 2 fully saturated rings. The zero-order chi connectivity index (χ0) is 22.7. The van der Waals surface area contributed by atoms with Crippen LogP contribution in [0.3, 0.4) is 0 Å². The number of phenols is 1. The molecule has 2 aliphatic rings. The number of hydrazine groups is 1. The first kappa shape index (κ1) is 22.6. The number of para-hydroxylation sites is 1. The largest absolute Gasteiger partial charge is 0.508 e. The summed E-state index contributed by atoms with van der Waals surface area (Å²) in [6.45, 7) is 5.98. The summed E-state index contributed by atoms with van der Waals surface area (Å²) < 4.78 is 11.3. The average Bonchev–Trinajstić information content (AvgIpc) is 3.31. The Morgan fingerprint density at radius 1 is 1.06 bits per heavy atom. The van der Waals surface area contributed by atoms with E-state index in [4.69, 9.17) is 9.47 Å². The number of hydrogen-bond acceptors (Lipinski definition) is 6. The number of carbonyl (C=O) groups excluding carboxylic acids is 1. The Hall–Kier alpha value is -2.61. The molecule has 2 saturated heterocycles. The number of nitrogens with zero attached hydrogens (tertiary/aromatic N) is 1. The van der Waals surface area contributed by atoms with Gasteiger partial charge in [0.25, 0.3) is 0 Å². The van der Waals surface area contributed by atoms with Crippen LogP contribution in [0.5, 0.6) is 11.5 Å². The van der Waals surface area contributed by atoms with Crippen molar-refractivity contribution in [3.8, 4) is 11.5 Å². The van der Waals surface area contributed by atoms with Crippen LogP contribution in [0, 0.1) is 11.8 Å². The smallest absolute Gasteiger partial charge is 0.242 e. The first-order valence-corrected chi connectivity index (χ1v) is 11.3. The maximum absolute atomic E-state index is 13.3. The summed E-state index contributed by atoms with van der Waals surface area (Å²) in [5.41, 5.74) is 8.25. The highest BCUT2D eigenvalue weighted by Gasteiger charge is 2.55. The van der Waals surface area contributed by atoms with Crippen LogP contribution in [-0.4, -0.2) is 48.8 Å². The van der Waals surface area contributed by atoms with Crippen LogP contribution in [0.15, 0.2) is 48.5 Å². The molecule has 4 atom stereocenters. The summed E-state index contributed by atoms with van der Waals surface area (Å²) in [7, 11) is 1.64. The Kier molecular flexibility index (Phi) is 6.98. The quantitative estimate of drug-likeness (QED) is 0.557. The summed E-state index contributed by atoms with van der Waals surface area (Å²) >= 11 is 0. The maximum Gasteiger partial charge on any atom is 0.242 e. The van der Waals surface area contributed by atoms with Crippen molar-refractivity contribution in [3.05, 3.63) is 59.7 Å². The molecule has 2 aromatic carbocycles. The second-order valence-electron chi connectivity index (χ2n) is 8.95. The van der Waals surface area contributed by atoms with E-state index in [0.717, 1.165) is 23.3 Å². The fourth-order valence-electron chi connectivity index (χ4n) is 4.76. The van der Waals surface area contributed by atoms with E-state index in [2.05, 4.69) is 30.8 Å². The SMILES string of the molecule is COCCN1C(=O)C2NNC(c3ccccc3O)C2C1c1cccc(OCCC(C)C)c1. The minimum Gasteiger partial charge on any atom is -0.508 e. The van der Waals surface area contributed by atoms with E-state index < -0.39 is 0 Å². The van der Waals surface area contributed by atoms with Gasteiger partial charge in [0.05, 0.1) is 25.3 Å². The fourth-order valence-corrected chi connectivity index (χ4v) is 4.76. The normalized spacial score (nSPS) is 24.9. The van der Waals surface area contributed by atoms with Crippen LogP contribution < -0.4 is 15.6 Å². The van der Waals surface area contributed by atoms with Crippen LogP contribution in [0.25, 0.3) is 0 Å². The van der Waals surface area contributed by atoms with E-state index in [0.29, 0.717) is 25.7 Å². The van der Waals surface area contributed by atoms with E-state index in [1.165, 1.54) is 0 Å². The number of aromatic hydroxyl groups is 1. The number of ether oxygens (including phenoxy) is 2. The standard InChI is InChI=1S/C25H33N3O4/c1-16(2)11-13-32-18-8-6-7-17(15-18)24-21-22(19-9-4-5-10-20(19)29)26-27-23(21)25(30)28(24)12-14-31-3/h4-10,15-16,21-24,26-27,29H,11-14H2,1-3H3. The molecule has 4 rings (SSSR count). The van der Waals surface area contributed by atoms with Gasteiger partial charge >= 0.3 is 0 Å². The summed E-state index contributed by atoms with van der Waals surface area (Å²) in [4.78, 5) is 15.2. The first-order chi connectivity index (χ1) is 15.5. The third-order valence-corrected chi connectivity index (χ3v) is 6.39. The number of phenolic OH excluding ortho intramolecular Hbond substituents is 1. The van der Waals surface area contributed by atoms with Crippen molar-refractivity contribution in [3.63, 3.8) is 0 Å². The molecule has 0 radical (unpaired) electrons. The van der Waals surface area contributed by atoms with Gasteiger partial charge in [-0.05, 0) is 36.1 Å². The highest BCUT2D eigenvalue weighted by molar-refractivity contribution is 5.86. The van der Waals surface area contributed by atoms with Gasteiger partial charge in [0.2, 0.25) is 5.91 Å². The lowest BCUT2D eigenvalue weighted by atomic mass is 9.83. The molecular formula is C25H33N3O4.